The summed E-state index contributed by atoms with van der Waals surface area (Å²) < 4.78 is 0. The lowest BCUT2D eigenvalue weighted by atomic mass is 10.2. The second-order valence-electron chi connectivity index (χ2n) is 3.65. The van der Waals surface area contributed by atoms with Crippen LogP contribution in [0, 0.1) is 0 Å². The number of hydrogen-bond acceptors (Lipinski definition) is 3. The molecule has 0 aliphatic heterocycles. The minimum Gasteiger partial charge on any atom is -0.394 e. The van der Waals surface area contributed by atoms with Gasteiger partial charge in [-0.15, -0.1) is 0 Å². The fourth-order valence-electron chi connectivity index (χ4n) is 1.23. The van der Waals surface area contributed by atoms with Gasteiger partial charge in [0, 0.05) is 10.6 Å². The average molecular weight is 270 g/mol. The first-order chi connectivity index (χ1) is 8.67. The lowest BCUT2D eigenvalue weighted by Gasteiger charge is -2.12. The molecule has 0 saturated heterocycles. The summed E-state index contributed by atoms with van der Waals surface area (Å²) in [7, 11) is 0. The van der Waals surface area contributed by atoms with E-state index < -0.39 is 6.03 Å². The van der Waals surface area contributed by atoms with E-state index in [1.54, 1.807) is 12.1 Å². The summed E-state index contributed by atoms with van der Waals surface area (Å²) in [4.78, 5) is 11.4. The Morgan fingerprint density at radius 2 is 2.28 bits per heavy atom. The fourth-order valence-corrected chi connectivity index (χ4v) is 1.42. The molecule has 1 aromatic rings. The molecule has 0 spiro atoms. The molecule has 5 nitrogen and oxygen atoms in total. The minimum absolute atomic E-state index is 0.0991. The zero-order valence-electron chi connectivity index (χ0n) is 10.1. The van der Waals surface area contributed by atoms with Crippen molar-refractivity contribution in [3.8, 4) is 0 Å². The van der Waals surface area contributed by atoms with Crippen molar-refractivity contribution in [2.24, 2.45) is 5.10 Å². The van der Waals surface area contributed by atoms with E-state index in [1.165, 1.54) is 6.21 Å². The van der Waals surface area contributed by atoms with Gasteiger partial charge in [0.25, 0.3) is 0 Å². The maximum Gasteiger partial charge on any atom is 0.335 e. The second-order valence-corrected chi connectivity index (χ2v) is 4.06. The molecule has 1 aromatic carbocycles. The number of rotatable bonds is 5. The van der Waals surface area contributed by atoms with Crippen molar-refractivity contribution < 1.29 is 9.90 Å². The van der Waals surface area contributed by atoms with Gasteiger partial charge in [-0.25, -0.2) is 10.2 Å². The van der Waals surface area contributed by atoms with Crippen LogP contribution in [0.15, 0.2) is 29.4 Å². The highest BCUT2D eigenvalue weighted by molar-refractivity contribution is 6.33. The molecule has 0 fully saturated rings. The molecule has 98 valence electrons. The Morgan fingerprint density at radius 3 is 2.89 bits per heavy atom. The third-order valence-electron chi connectivity index (χ3n) is 2.32. The highest BCUT2D eigenvalue weighted by atomic mass is 35.5. The van der Waals surface area contributed by atoms with Crippen molar-refractivity contribution in [1.82, 2.24) is 10.7 Å². The van der Waals surface area contributed by atoms with Gasteiger partial charge in [-0.2, -0.15) is 5.10 Å². The molecule has 0 aliphatic carbocycles. The van der Waals surface area contributed by atoms with E-state index in [4.69, 9.17) is 16.7 Å². The molecule has 3 N–H and O–H groups in total. The monoisotopic (exact) mass is 269 g/mol. The summed E-state index contributed by atoms with van der Waals surface area (Å²) in [5.74, 6) is 0. The number of halogens is 1. The predicted octanol–water partition coefficient (Wildman–Crippen LogP) is 1.74. The Balaban J connectivity index is 2.45. The van der Waals surface area contributed by atoms with Crippen LogP contribution in [0.5, 0.6) is 0 Å². The second kappa shape index (κ2) is 7.68. The molecule has 6 heteroatoms. The van der Waals surface area contributed by atoms with Gasteiger partial charge in [0.2, 0.25) is 0 Å². The summed E-state index contributed by atoms with van der Waals surface area (Å²) in [5, 5.41) is 15.8. The maximum absolute atomic E-state index is 11.4. The molecule has 2 amide bonds. The highest BCUT2D eigenvalue weighted by Crippen LogP contribution is 2.11. The third-order valence-corrected chi connectivity index (χ3v) is 2.67. The quantitative estimate of drug-likeness (QED) is 0.563. The highest BCUT2D eigenvalue weighted by Gasteiger charge is 2.07. The largest absolute Gasteiger partial charge is 0.394 e. The standard InChI is InChI=1S/C12H16ClN3O2/c1-2-10(8-17)15-12(18)16-14-7-9-5-3-4-6-11(9)13/h3-7,10,17H,2,8H2,1H3,(H2,15,16,18)/b14-7-/t10-/m0/s1. The van der Waals surface area contributed by atoms with E-state index in [2.05, 4.69) is 15.8 Å². The van der Waals surface area contributed by atoms with Crippen molar-refractivity contribution >= 4 is 23.8 Å². The first kappa shape index (κ1) is 14.5. The number of amides is 2. The van der Waals surface area contributed by atoms with E-state index in [0.717, 1.165) is 0 Å². The normalized spacial score (nSPS) is 12.4. The number of nitrogens with zero attached hydrogens (tertiary/aromatic N) is 1. The first-order valence-electron chi connectivity index (χ1n) is 5.62. The topological polar surface area (TPSA) is 73.7 Å². The van der Waals surface area contributed by atoms with Gasteiger partial charge < -0.3 is 10.4 Å². The van der Waals surface area contributed by atoms with Crippen molar-refractivity contribution in [2.75, 3.05) is 6.61 Å². The SMILES string of the molecule is CC[C@@H](CO)NC(=O)N/N=C\c1ccccc1Cl. The number of carbonyl (C=O) groups is 1. The molecule has 0 radical (unpaired) electrons. The molecule has 0 bridgehead atoms. The molecule has 0 saturated carbocycles. The minimum atomic E-state index is -0.459. The number of nitrogens with one attached hydrogen (secondary N) is 2. The lowest BCUT2D eigenvalue weighted by Crippen LogP contribution is -2.41. The van der Waals surface area contributed by atoms with E-state index in [0.29, 0.717) is 17.0 Å². The number of urea groups is 1. The molecular formula is C12H16ClN3O2. The van der Waals surface area contributed by atoms with E-state index in [-0.39, 0.29) is 12.6 Å². The zero-order chi connectivity index (χ0) is 13.4. The zero-order valence-corrected chi connectivity index (χ0v) is 10.8. The Morgan fingerprint density at radius 1 is 1.56 bits per heavy atom. The molecule has 18 heavy (non-hydrogen) atoms. The summed E-state index contributed by atoms with van der Waals surface area (Å²) in [6, 6.07) is 6.44. The molecule has 0 aromatic heterocycles. The van der Waals surface area contributed by atoms with E-state index >= 15 is 0 Å². The van der Waals surface area contributed by atoms with Crippen molar-refractivity contribution in [1.29, 1.82) is 0 Å². The van der Waals surface area contributed by atoms with Crippen LogP contribution in [0.2, 0.25) is 5.02 Å². The molecule has 1 rings (SSSR count). The van der Waals surface area contributed by atoms with E-state index in [9.17, 15) is 4.79 Å². The van der Waals surface area contributed by atoms with Crippen LogP contribution in [0.3, 0.4) is 0 Å². The van der Waals surface area contributed by atoms with Crippen molar-refractivity contribution in [3.63, 3.8) is 0 Å². The maximum atomic E-state index is 11.4. The van der Waals surface area contributed by atoms with Crippen molar-refractivity contribution in [3.05, 3.63) is 34.9 Å². The van der Waals surface area contributed by atoms with Crippen molar-refractivity contribution in [2.45, 2.75) is 19.4 Å². The fraction of sp³-hybridized carbons (Fsp3) is 0.333. The van der Waals surface area contributed by atoms with Crippen LogP contribution in [0.1, 0.15) is 18.9 Å². The van der Waals surface area contributed by atoms with Gasteiger partial charge in [-0.3, -0.25) is 0 Å². The van der Waals surface area contributed by atoms with Crippen LogP contribution >= 0.6 is 11.6 Å². The summed E-state index contributed by atoms with van der Waals surface area (Å²) >= 11 is 5.92. The number of hydrogen-bond donors (Lipinski definition) is 3. The van der Waals surface area contributed by atoms with Crippen LogP contribution in [-0.2, 0) is 0 Å². The van der Waals surface area contributed by atoms with Gasteiger partial charge >= 0.3 is 6.03 Å². The Labute approximate surface area is 111 Å². The van der Waals surface area contributed by atoms with Crippen LogP contribution in [0.25, 0.3) is 0 Å². The molecular weight excluding hydrogens is 254 g/mol. The number of carbonyl (C=O) groups excluding carboxylic acids is 1. The molecule has 0 aliphatic rings. The summed E-state index contributed by atoms with van der Waals surface area (Å²) in [6.45, 7) is 1.77. The van der Waals surface area contributed by atoms with Crippen LogP contribution in [-0.4, -0.2) is 30.0 Å². The number of hydrazone groups is 1. The number of aliphatic hydroxyl groups excluding tert-OH is 1. The third kappa shape index (κ3) is 4.73. The smallest absolute Gasteiger partial charge is 0.335 e. The van der Waals surface area contributed by atoms with Gasteiger partial charge in [0.1, 0.15) is 0 Å². The summed E-state index contributed by atoms with van der Waals surface area (Å²) in [6.07, 6.45) is 2.11. The van der Waals surface area contributed by atoms with Gasteiger partial charge in [0.15, 0.2) is 0 Å². The molecule has 0 unspecified atom stereocenters. The predicted molar refractivity (Wildman–Crippen MR) is 71.9 cm³/mol. The van der Waals surface area contributed by atoms with E-state index in [1.807, 2.05) is 19.1 Å². The lowest BCUT2D eigenvalue weighted by molar-refractivity contribution is 0.215. The van der Waals surface area contributed by atoms with Gasteiger partial charge in [-0.1, -0.05) is 36.7 Å². The Hall–Kier alpha value is -1.59. The number of aliphatic hydroxyl groups is 1. The summed E-state index contributed by atoms with van der Waals surface area (Å²) in [5.41, 5.74) is 3.02. The van der Waals surface area contributed by atoms with Gasteiger partial charge in [-0.05, 0) is 12.5 Å². The van der Waals surface area contributed by atoms with Crippen LogP contribution in [0.4, 0.5) is 4.79 Å². The average Bonchev–Trinajstić information content (AvgIpc) is 2.38. The van der Waals surface area contributed by atoms with Gasteiger partial charge in [0.05, 0.1) is 18.9 Å². The Kier molecular flexibility index (Phi) is 6.18. The molecule has 0 heterocycles. The Bertz CT molecular complexity index is 420. The number of benzene rings is 1. The van der Waals surface area contributed by atoms with Crippen LogP contribution < -0.4 is 10.7 Å². The molecule has 1 atom stereocenters. The first-order valence-corrected chi connectivity index (χ1v) is 6.00.